The van der Waals surface area contributed by atoms with Crippen LogP contribution in [0, 0.1) is 0 Å². The molecule has 6 heteroatoms. The first-order valence-corrected chi connectivity index (χ1v) is 9.04. The number of nitrogens with zero attached hydrogens (tertiary/aromatic N) is 4. The van der Waals surface area contributed by atoms with Crippen LogP contribution in [0.5, 0.6) is 0 Å². The summed E-state index contributed by atoms with van der Waals surface area (Å²) in [4.78, 5) is 13.5. The van der Waals surface area contributed by atoms with Crippen LogP contribution in [0.25, 0.3) is 0 Å². The van der Waals surface area contributed by atoms with Gasteiger partial charge in [-0.2, -0.15) is 0 Å². The largest absolute Gasteiger partial charge is 0.381 e. The maximum absolute atomic E-state index is 5.59. The number of pyridine rings is 1. The summed E-state index contributed by atoms with van der Waals surface area (Å²) in [5.41, 5.74) is 0. The normalized spacial score (nSPS) is 15.7. The summed E-state index contributed by atoms with van der Waals surface area (Å²) < 4.78 is 5.59. The van der Waals surface area contributed by atoms with E-state index in [4.69, 9.17) is 4.74 Å². The molecule has 24 heavy (non-hydrogen) atoms. The Morgan fingerprint density at radius 2 is 2.00 bits per heavy atom. The number of nitrogens with one attached hydrogen (secondary N) is 1. The summed E-state index contributed by atoms with van der Waals surface area (Å²) in [6.45, 7) is 8.64. The summed E-state index contributed by atoms with van der Waals surface area (Å²) in [6, 6.07) is 6.07. The highest BCUT2D eigenvalue weighted by atomic mass is 16.5. The summed E-state index contributed by atoms with van der Waals surface area (Å²) in [5.74, 6) is 2.05. The van der Waals surface area contributed by atoms with Crippen molar-refractivity contribution >= 4 is 11.8 Å². The van der Waals surface area contributed by atoms with Crippen molar-refractivity contribution in [3.05, 3.63) is 24.4 Å². The van der Waals surface area contributed by atoms with Gasteiger partial charge in [0.1, 0.15) is 5.82 Å². The molecule has 1 aliphatic heterocycles. The van der Waals surface area contributed by atoms with E-state index in [1.54, 1.807) is 0 Å². The number of guanidine groups is 1. The van der Waals surface area contributed by atoms with Gasteiger partial charge in [-0.15, -0.1) is 0 Å². The van der Waals surface area contributed by atoms with Crippen LogP contribution in [0.3, 0.4) is 0 Å². The highest BCUT2D eigenvalue weighted by molar-refractivity contribution is 5.80. The van der Waals surface area contributed by atoms with Gasteiger partial charge < -0.3 is 19.9 Å². The second-order valence-electron chi connectivity index (χ2n) is 5.96. The Morgan fingerprint density at radius 3 is 2.67 bits per heavy atom. The molecule has 1 aromatic rings. The van der Waals surface area contributed by atoms with E-state index in [0.717, 1.165) is 70.6 Å². The van der Waals surface area contributed by atoms with Gasteiger partial charge in [0.25, 0.3) is 0 Å². The van der Waals surface area contributed by atoms with Gasteiger partial charge in [-0.1, -0.05) is 19.4 Å². The topological polar surface area (TPSA) is 53.0 Å². The molecule has 1 N–H and O–H groups in total. The van der Waals surface area contributed by atoms with E-state index < -0.39 is 0 Å². The standard InChI is InChI=1S/C18H31N5O/c1-3-4-15-24-16-7-10-21-18(19-2)23-13-11-22(12-14-23)17-8-5-6-9-20-17/h5-6,8-9H,3-4,7,10-16H2,1-2H3,(H,19,21). The monoisotopic (exact) mass is 333 g/mol. The van der Waals surface area contributed by atoms with Crippen LogP contribution < -0.4 is 10.2 Å². The molecule has 1 saturated heterocycles. The van der Waals surface area contributed by atoms with Crippen molar-refractivity contribution in [2.24, 2.45) is 4.99 Å². The molecular weight excluding hydrogens is 302 g/mol. The fraction of sp³-hybridized carbons (Fsp3) is 0.667. The molecule has 0 aromatic carbocycles. The van der Waals surface area contributed by atoms with Gasteiger partial charge in [0.15, 0.2) is 5.96 Å². The lowest BCUT2D eigenvalue weighted by Gasteiger charge is -2.37. The van der Waals surface area contributed by atoms with Crippen molar-refractivity contribution in [2.45, 2.75) is 26.2 Å². The average molecular weight is 333 g/mol. The number of piperazine rings is 1. The number of hydrogen-bond acceptors (Lipinski definition) is 4. The molecule has 0 atom stereocenters. The second-order valence-corrected chi connectivity index (χ2v) is 5.96. The lowest BCUT2D eigenvalue weighted by molar-refractivity contribution is 0.129. The van der Waals surface area contributed by atoms with E-state index in [9.17, 15) is 0 Å². The Hall–Kier alpha value is -1.82. The quantitative estimate of drug-likeness (QED) is 0.448. The molecule has 6 nitrogen and oxygen atoms in total. The van der Waals surface area contributed by atoms with Gasteiger partial charge in [0, 0.05) is 59.2 Å². The summed E-state index contributed by atoms with van der Waals surface area (Å²) in [6.07, 6.45) is 5.20. The fourth-order valence-electron chi connectivity index (χ4n) is 2.74. The van der Waals surface area contributed by atoms with Gasteiger partial charge in [0.2, 0.25) is 0 Å². The first kappa shape index (κ1) is 18.5. The minimum Gasteiger partial charge on any atom is -0.381 e. The van der Waals surface area contributed by atoms with Crippen LogP contribution in [0.15, 0.2) is 29.4 Å². The number of anilines is 1. The summed E-state index contributed by atoms with van der Waals surface area (Å²) in [5, 5.41) is 3.45. The number of rotatable bonds is 8. The van der Waals surface area contributed by atoms with Gasteiger partial charge >= 0.3 is 0 Å². The van der Waals surface area contributed by atoms with E-state index in [-0.39, 0.29) is 0 Å². The molecule has 1 aromatic heterocycles. The van der Waals surface area contributed by atoms with Crippen LogP contribution in [-0.4, -0.2) is 68.8 Å². The number of ether oxygens (including phenoxy) is 1. The minimum absolute atomic E-state index is 0.817. The molecule has 0 radical (unpaired) electrons. The SMILES string of the molecule is CCCCOCCCNC(=NC)N1CCN(c2ccccn2)CC1. The van der Waals surface area contributed by atoms with Crippen LogP contribution in [0.4, 0.5) is 5.82 Å². The number of aromatic nitrogens is 1. The highest BCUT2D eigenvalue weighted by Crippen LogP contribution is 2.12. The van der Waals surface area contributed by atoms with Crippen LogP contribution in [0.1, 0.15) is 26.2 Å². The van der Waals surface area contributed by atoms with Crippen LogP contribution >= 0.6 is 0 Å². The number of aliphatic imine (C=N–C) groups is 1. The molecule has 0 amide bonds. The second kappa shape index (κ2) is 10.9. The van der Waals surface area contributed by atoms with Crippen molar-refractivity contribution in [1.82, 2.24) is 15.2 Å². The van der Waals surface area contributed by atoms with E-state index in [2.05, 4.69) is 38.1 Å². The van der Waals surface area contributed by atoms with Crippen molar-refractivity contribution in [2.75, 3.05) is 57.9 Å². The molecule has 2 rings (SSSR count). The van der Waals surface area contributed by atoms with Crippen molar-refractivity contribution in [3.8, 4) is 0 Å². The first-order chi connectivity index (χ1) is 11.8. The van der Waals surface area contributed by atoms with Gasteiger partial charge in [-0.05, 0) is 25.0 Å². The van der Waals surface area contributed by atoms with Crippen molar-refractivity contribution in [3.63, 3.8) is 0 Å². The Labute approximate surface area is 145 Å². The lowest BCUT2D eigenvalue weighted by atomic mass is 10.3. The minimum atomic E-state index is 0.817. The van der Waals surface area contributed by atoms with Crippen LogP contribution in [-0.2, 0) is 4.74 Å². The Bertz CT molecular complexity index is 472. The van der Waals surface area contributed by atoms with Gasteiger partial charge in [0.05, 0.1) is 0 Å². The first-order valence-electron chi connectivity index (χ1n) is 9.04. The number of hydrogen-bond donors (Lipinski definition) is 1. The molecule has 0 saturated carbocycles. The van der Waals surface area contributed by atoms with Gasteiger partial charge in [-0.25, -0.2) is 4.98 Å². The Kier molecular flexibility index (Phi) is 8.38. The van der Waals surface area contributed by atoms with Gasteiger partial charge in [-0.3, -0.25) is 4.99 Å². The zero-order chi connectivity index (χ0) is 17.0. The van der Waals surface area contributed by atoms with Crippen LogP contribution in [0.2, 0.25) is 0 Å². The molecule has 0 bridgehead atoms. The molecule has 2 heterocycles. The molecule has 0 unspecified atom stereocenters. The van der Waals surface area contributed by atoms with E-state index >= 15 is 0 Å². The predicted octanol–water partition coefficient (Wildman–Crippen LogP) is 1.99. The number of unbranched alkanes of at least 4 members (excludes halogenated alkanes) is 1. The van der Waals surface area contributed by atoms with Crippen molar-refractivity contribution in [1.29, 1.82) is 0 Å². The third kappa shape index (κ3) is 6.00. The molecule has 1 fully saturated rings. The Morgan fingerprint density at radius 1 is 1.21 bits per heavy atom. The maximum Gasteiger partial charge on any atom is 0.193 e. The third-order valence-electron chi connectivity index (χ3n) is 4.16. The lowest BCUT2D eigenvalue weighted by Crippen LogP contribution is -2.52. The van der Waals surface area contributed by atoms with E-state index in [1.165, 1.54) is 6.42 Å². The predicted molar refractivity (Wildman–Crippen MR) is 99.7 cm³/mol. The molecule has 134 valence electrons. The molecule has 0 spiro atoms. The zero-order valence-electron chi connectivity index (χ0n) is 15.1. The summed E-state index contributed by atoms with van der Waals surface area (Å²) in [7, 11) is 1.85. The zero-order valence-corrected chi connectivity index (χ0v) is 15.1. The molecular formula is C18H31N5O. The summed E-state index contributed by atoms with van der Waals surface area (Å²) >= 11 is 0. The average Bonchev–Trinajstić information content (AvgIpc) is 2.65. The van der Waals surface area contributed by atoms with Crippen molar-refractivity contribution < 1.29 is 4.74 Å². The third-order valence-corrected chi connectivity index (χ3v) is 4.16. The maximum atomic E-state index is 5.59. The molecule has 1 aliphatic rings. The van der Waals surface area contributed by atoms with E-state index in [0.29, 0.717) is 0 Å². The fourth-order valence-corrected chi connectivity index (χ4v) is 2.74. The smallest absolute Gasteiger partial charge is 0.193 e. The Balaban J connectivity index is 1.66. The highest BCUT2D eigenvalue weighted by Gasteiger charge is 2.19. The molecule has 0 aliphatic carbocycles. The van der Waals surface area contributed by atoms with E-state index in [1.807, 2.05) is 25.4 Å².